The second kappa shape index (κ2) is 9.34. The van der Waals surface area contributed by atoms with Crippen LogP contribution in [0.1, 0.15) is 62.2 Å². The molecule has 0 spiro atoms. The first-order chi connectivity index (χ1) is 14.3. The van der Waals surface area contributed by atoms with Gasteiger partial charge in [-0.25, -0.2) is 4.79 Å². The maximum absolute atomic E-state index is 12.8. The molecule has 0 unspecified atom stereocenters. The molecule has 1 aliphatic carbocycles. The molecule has 2 fully saturated rings. The van der Waals surface area contributed by atoms with Crippen molar-refractivity contribution in [3.8, 4) is 0 Å². The largest absolute Gasteiger partial charge is 0.328 e. The quantitative estimate of drug-likeness (QED) is 0.329. The third-order valence-corrected chi connectivity index (χ3v) is 5.98. The van der Waals surface area contributed by atoms with Crippen LogP contribution in [-0.2, 0) is 9.59 Å². The normalized spacial score (nSPS) is 20.1. The fourth-order valence-corrected chi connectivity index (χ4v) is 4.36. The molecular weight excluding hydrogens is 404 g/mol. The van der Waals surface area contributed by atoms with Crippen molar-refractivity contribution in [2.75, 3.05) is 6.54 Å². The van der Waals surface area contributed by atoms with Gasteiger partial charge in [0.1, 0.15) is 5.57 Å². The van der Waals surface area contributed by atoms with Gasteiger partial charge < -0.3 is 0 Å². The summed E-state index contributed by atoms with van der Waals surface area (Å²) in [6.45, 7) is 5.40. The van der Waals surface area contributed by atoms with E-state index in [2.05, 4.69) is 16.9 Å². The topological polar surface area (TPSA) is 104 Å². The van der Waals surface area contributed by atoms with E-state index in [0.29, 0.717) is 5.69 Å². The molecule has 160 valence electrons. The second-order valence-corrected chi connectivity index (χ2v) is 8.04. The zero-order valence-electron chi connectivity index (χ0n) is 17.0. The molecule has 0 atom stereocenters. The van der Waals surface area contributed by atoms with E-state index in [1.807, 2.05) is 0 Å². The Balaban J connectivity index is 2.07. The number of nitrogens with zero attached hydrogens (tertiary/aromatic N) is 2. The van der Waals surface area contributed by atoms with Crippen LogP contribution in [0.3, 0.4) is 0 Å². The van der Waals surface area contributed by atoms with E-state index in [1.54, 1.807) is 11.5 Å². The van der Waals surface area contributed by atoms with Gasteiger partial charge in [0.15, 0.2) is 5.11 Å². The Morgan fingerprint density at radius 2 is 1.73 bits per heavy atom. The Labute approximate surface area is 179 Å². The number of thiocarbonyl (C=S) groups is 1. The summed E-state index contributed by atoms with van der Waals surface area (Å²) in [5.41, 5.74) is -0.718. The van der Waals surface area contributed by atoms with Gasteiger partial charge in [-0.05, 0) is 38.1 Å². The minimum Gasteiger partial charge on any atom is -0.298 e. The van der Waals surface area contributed by atoms with Crippen LogP contribution in [0.25, 0.3) is 6.08 Å². The van der Waals surface area contributed by atoms with Gasteiger partial charge in [-0.2, -0.15) is 0 Å². The van der Waals surface area contributed by atoms with E-state index in [4.69, 9.17) is 12.2 Å². The summed E-state index contributed by atoms with van der Waals surface area (Å²) < 4.78 is 1.61. The van der Waals surface area contributed by atoms with Crippen molar-refractivity contribution in [2.24, 2.45) is 0 Å². The Bertz CT molecular complexity index is 1030. The summed E-state index contributed by atoms with van der Waals surface area (Å²) in [6.07, 6.45) is 9.92. The van der Waals surface area contributed by atoms with Crippen molar-refractivity contribution in [1.82, 2.24) is 19.8 Å². The number of aromatic amines is 1. The lowest BCUT2D eigenvalue weighted by atomic mass is 9.96. The van der Waals surface area contributed by atoms with Gasteiger partial charge in [0.2, 0.25) is 0 Å². The lowest BCUT2D eigenvalue weighted by Crippen LogP contribution is -2.54. The molecule has 2 amide bonds. The van der Waals surface area contributed by atoms with Gasteiger partial charge >= 0.3 is 5.69 Å². The molecule has 2 N–H and O–H groups in total. The SMILES string of the molecule is C=CCN1C(=O)C(=Cc2c(C)n(C3CCCCCCC3)c(=O)[nH]c2=O)C(=O)NC1=S. The first-order valence-electron chi connectivity index (χ1n) is 10.2. The van der Waals surface area contributed by atoms with E-state index in [-0.39, 0.29) is 28.8 Å². The summed E-state index contributed by atoms with van der Waals surface area (Å²) >= 11 is 5.05. The van der Waals surface area contributed by atoms with Gasteiger partial charge in [0.25, 0.3) is 17.4 Å². The Morgan fingerprint density at radius 1 is 1.10 bits per heavy atom. The molecule has 8 nitrogen and oxygen atoms in total. The number of carbonyl (C=O) groups is 2. The maximum atomic E-state index is 12.8. The van der Waals surface area contributed by atoms with Crippen LogP contribution in [-0.4, -0.2) is 37.9 Å². The molecule has 0 bridgehead atoms. The number of aromatic nitrogens is 2. The van der Waals surface area contributed by atoms with Gasteiger partial charge in [-0.1, -0.05) is 38.2 Å². The molecule has 0 aromatic carbocycles. The highest BCUT2D eigenvalue weighted by Crippen LogP contribution is 2.27. The predicted octanol–water partition coefficient (Wildman–Crippen LogP) is 1.94. The fourth-order valence-electron chi connectivity index (χ4n) is 4.11. The molecule has 1 aromatic heterocycles. The molecule has 2 heterocycles. The fraction of sp³-hybridized carbons (Fsp3) is 0.476. The smallest absolute Gasteiger partial charge is 0.298 e. The van der Waals surface area contributed by atoms with Crippen molar-refractivity contribution >= 4 is 35.2 Å². The van der Waals surface area contributed by atoms with E-state index in [9.17, 15) is 19.2 Å². The van der Waals surface area contributed by atoms with Crippen molar-refractivity contribution in [3.05, 3.63) is 50.3 Å². The molecule has 3 rings (SSSR count). The average Bonchev–Trinajstić information content (AvgIpc) is 2.65. The predicted molar refractivity (Wildman–Crippen MR) is 118 cm³/mol. The Morgan fingerprint density at radius 3 is 2.37 bits per heavy atom. The zero-order valence-corrected chi connectivity index (χ0v) is 17.8. The molecule has 1 aromatic rings. The number of hydrogen-bond acceptors (Lipinski definition) is 5. The van der Waals surface area contributed by atoms with Crippen LogP contribution in [0.15, 0.2) is 27.8 Å². The minimum atomic E-state index is -0.673. The van der Waals surface area contributed by atoms with Crippen LogP contribution in [0.2, 0.25) is 0 Å². The van der Waals surface area contributed by atoms with E-state index < -0.39 is 23.1 Å². The Kier molecular flexibility index (Phi) is 6.81. The van der Waals surface area contributed by atoms with Crippen molar-refractivity contribution in [3.63, 3.8) is 0 Å². The van der Waals surface area contributed by atoms with Crippen LogP contribution < -0.4 is 16.6 Å². The molecule has 1 saturated heterocycles. The van der Waals surface area contributed by atoms with E-state index >= 15 is 0 Å². The molecule has 2 aliphatic rings. The van der Waals surface area contributed by atoms with Gasteiger partial charge in [-0.3, -0.25) is 34.2 Å². The summed E-state index contributed by atoms with van der Waals surface area (Å²) in [5, 5.41) is 2.45. The zero-order chi connectivity index (χ0) is 21.8. The monoisotopic (exact) mass is 430 g/mol. The Hall–Kier alpha value is -2.81. The van der Waals surface area contributed by atoms with Crippen molar-refractivity contribution in [1.29, 1.82) is 0 Å². The number of H-pyrrole nitrogens is 1. The van der Waals surface area contributed by atoms with E-state index in [1.165, 1.54) is 23.5 Å². The summed E-state index contributed by atoms with van der Waals surface area (Å²) in [6, 6.07) is -0.0208. The number of carbonyl (C=O) groups excluding carboxylic acids is 2. The molecule has 30 heavy (non-hydrogen) atoms. The van der Waals surface area contributed by atoms with Crippen molar-refractivity contribution in [2.45, 2.75) is 57.9 Å². The number of nitrogens with one attached hydrogen (secondary N) is 2. The first-order valence-corrected chi connectivity index (χ1v) is 10.6. The third kappa shape index (κ3) is 4.35. The van der Waals surface area contributed by atoms with Crippen LogP contribution in [0.5, 0.6) is 0 Å². The highest BCUT2D eigenvalue weighted by Gasteiger charge is 2.33. The molecule has 9 heteroatoms. The van der Waals surface area contributed by atoms with Crippen molar-refractivity contribution < 1.29 is 9.59 Å². The first kappa shape index (κ1) is 21.9. The van der Waals surface area contributed by atoms with Gasteiger partial charge in [-0.15, -0.1) is 6.58 Å². The maximum Gasteiger partial charge on any atom is 0.328 e. The molecule has 0 radical (unpaired) electrons. The van der Waals surface area contributed by atoms with Crippen LogP contribution >= 0.6 is 12.2 Å². The number of rotatable bonds is 4. The highest BCUT2D eigenvalue weighted by atomic mass is 32.1. The van der Waals surface area contributed by atoms with E-state index in [0.717, 1.165) is 38.5 Å². The van der Waals surface area contributed by atoms with Crippen LogP contribution in [0.4, 0.5) is 0 Å². The lowest BCUT2D eigenvalue weighted by molar-refractivity contribution is -0.128. The van der Waals surface area contributed by atoms with Crippen LogP contribution in [0, 0.1) is 6.92 Å². The second-order valence-electron chi connectivity index (χ2n) is 7.65. The minimum absolute atomic E-state index is 0.00725. The average molecular weight is 431 g/mol. The summed E-state index contributed by atoms with van der Waals surface area (Å²) in [7, 11) is 0. The summed E-state index contributed by atoms with van der Waals surface area (Å²) in [4.78, 5) is 53.9. The highest BCUT2D eigenvalue weighted by molar-refractivity contribution is 7.80. The molecule has 1 saturated carbocycles. The summed E-state index contributed by atoms with van der Waals surface area (Å²) in [5.74, 6) is -1.28. The number of amides is 2. The third-order valence-electron chi connectivity index (χ3n) is 5.66. The molecular formula is C21H26N4O4S. The molecule has 1 aliphatic heterocycles. The van der Waals surface area contributed by atoms with Gasteiger partial charge in [0.05, 0.1) is 5.56 Å². The lowest BCUT2D eigenvalue weighted by Gasteiger charge is -2.28. The standard InChI is InChI=1S/C21H26N4O4S/c1-3-11-24-19(28)16(18(27)23-21(24)30)12-15-13(2)25(20(29)22-17(15)26)14-9-7-5-4-6-8-10-14/h3,12,14H,1,4-11H2,2H3,(H,22,26,29)(H,23,27,30). The van der Waals surface area contributed by atoms with Gasteiger partial charge in [0, 0.05) is 18.3 Å². The number of hydrogen-bond donors (Lipinski definition) is 2.